The van der Waals surface area contributed by atoms with Gasteiger partial charge in [-0.25, -0.2) is 9.59 Å². The van der Waals surface area contributed by atoms with Crippen molar-refractivity contribution in [3.05, 3.63) is 48.0 Å². The molecule has 1 unspecified atom stereocenters. The number of fused-ring (bicyclic) bond motifs is 2. The maximum absolute atomic E-state index is 9.55. The molecule has 2 atom stereocenters. The van der Waals surface area contributed by atoms with Crippen LogP contribution in [0.5, 0.6) is 0 Å². The van der Waals surface area contributed by atoms with Crippen molar-refractivity contribution in [1.29, 1.82) is 0 Å². The topological polar surface area (TPSA) is 89.9 Å². The van der Waals surface area contributed by atoms with Gasteiger partial charge in [-0.15, -0.1) is 0 Å². The molecule has 3 N–H and O–H groups in total. The lowest BCUT2D eigenvalue weighted by Gasteiger charge is -2.54. The quantitative estimate of drug-likeness (QED) is 0.714. The lowest BCUT2D eigenvalue weighted by molar-refractivity contribution is -0.134. The highest BCUT2D eigenvalue weighted by molar-refractivity contribution is 5.89. The van der Waals surface area contributed by atoms with E-state index in [0.29, 0.717) is 23.0 Å². The van der Waals surface area contributed by atoms with Gasteiger partial charge in [0.15, 0.2) is 0 Å². The zero-order valence-corrected chi connectivity index (χ0v) is 15.4. The molecule has 6 nitrogen and oxygen atoms in total. The van der Waals surface area contributed by atoms with Crippen LogP contribution in [0.25, 0.3) is 0 Å². The average Bonchev–Trinajstić information content (AvgIpc) is 2.52. The lowest BCUT2D eigenvalue weighted by Crippen LogP contribution is -2.60. The first-order valence-corrected chi connectivity index (χ1v) is 8.81. The molecule has 0 amide bonds. The molecule has 2 bridgehead atoms. The largest absolute Gasteiger partial charge is 0.478 e. The number of rotatable bonds is 4. The van der Waals surface area contributed by atoms with E-state index in [2.05, 4.69) is 54.4 Å². The van der Waals surface area contributed by atoms with Gasteiger partial charge in [0, 0.05) is 44.9 Å². The van der Waals surface area contributed by atoms with Gasteiger partial charge < -0.3 is 15.5 Å². The zero-order chi connectivity index (χ0) is 19.2. The van der Waals surface area contributed by atoms with E-state index < -0.39 is 11.9 Å². The number of carboxylic acid groups (broad SMARTS) is 2. The highest BCUT2D eigenvalue weighted by atomic mass is 16.4. The van der Waals surface area contributed by atoms with Crippen LogP contribution in [0.4, 0.5) is 0 Å². The minimum atomic E-state index is -1.26. The number of aliphatic carboxylic acids is 2. The smallest absolute Gasteiger partial charge is 0.328 e. The van der Waals surface area contributed by atoms with Gasteiger partial charge in [0.25, 0.3) is 0 Å². The van der Waals surface area contributed by atoms with Crippen molar-refractivity contribution in [3.63, 3.8) is 0 Å². The Hall–Kier alpha value is -2.18. The number of nitrogens with zero attached hydrogens (tertiary/aromatic N) is 1. The van der Waals surface area contributed by atoms with Gasteiger partial charge in [-0.3, -0.25) is 4.90 Å². The van der Waals surface area contributed by atoms with Gasteiger partial charge in [0.2, 0.25) is 0 Å². The Labute approximate surface area is 154 Å². The Morgan fingerprint density at radius 2 is 1.54 bits per heavy atom. The third-order valence-corrected chi connectivity index (χ3v) is 4.79. The fourth-order valence-corrected chi connectivity index (χ4v) is 4.28. The minimum Gasteiger partial charge on any atom is -0.478 e. The second-order valence-electron chi connectivity index (χ2n) is 8.04. The van der Waals surface area contributed by atoms with Crippen molar-refractivity contribution in [2.45, 2.75) is 26.8 Å². The van der Waals surface area contributed by atoms with Crippen LogP contribution >= 0.6 is 0 Å². The molecule has 0 aromatic heterocycles. The van der Waals surface area contributed by atoms with Gasteiger partial charge in [-0.1, -0.05) is 44.2 Å². The third kappa shape index (κ3) is 6.28. The summed E-state index contributed by atoms with van der Waals surface area (Å²) in [5, 5.41) is 19.2. The zero-order valence-electron chi connectivity index (χ0n) is 15.4. The second kappa shape index (κ2) is 8.47. The summed E-state index contributed by atoms with van der Waals surface area (Å²) in [5.41, 5.74) is 2.36. The number of carboxylic acids is 2. The molecule has 0 aliphatic carbocycles. The van der Waals surface area contributed by atoms with Gasteiger partial charge in [-0.05, 0) is 22.8 Å². The predicted octanol–water partition coefficient (Wildman–Crippen LogP) is 2.22. The van der Waals surface area contributed by atoms with Crippen LogP contribution in [-0.2, 0) is 16.1 Å². The monoisotopic (exact) mass is 360 g/mol. The van der Waals surface area contributed by atoms with Crippen molar-refractivity contribution in [1.82, 2.24) is 10.2 Å². The van der Waals surface area contributed by atoms with Crippen LogP contribution in [-0.4, -0.2) is 53.2 Å². The van der Waals surface area contributed by atoms with Gasteiger partial charge >= 0.3 is 11.9 Å². The summed E-state index contributed by atoms with van der Waals surface area (Å²) in [5.74, 6) is -2.51. The van der Waals surface area contributed by atoms with Crippen molar-refractivity contribution in [2.75, 3.05) is 26.2 Å². The third-order valence-electron chi connectivity index (χ3n) is 4.79. The van der Waals surface area contributed by atoms with E-state index in [4.69, 9.17) is 10.2 Å². The SMILES string of the molecule is CC12CNC[C@](C)(CN(Cc3ccccc3)C1)C2.O=C(O)/C=C/C(=O)O. The van der Waals surface area contributed by atoms with Crippen molar-refractivity contribution >= 4 is 11.9 Å². The fourth-order valence-electron chi connectivity index (χ4n) is 4.28. The van der Waals surface area contributed by atoms with Crippen LogP contribution in [0.1, 0.15) is 25.8 Å². The molecular formula is C20H28N2O4. The summed E-state index contributed by atoms with van der Waals surface area (Å²) in [6.45, 7) is 10.8. The Balaban J connectivity index is 0.000000260. The van der Waals surface area contributed by atoms with Crippen LogP contribution in [0.15, 0.2) is 42.5 Å². The molecule has 6 heteroatoms. The Kier molecular flexibility index (Phi) is 6.56. The second-order valence-corrected chi connectivity index (χ2v) is 8.04. The van der Waals surface area contributed by atoms with Crippen LogP contribution in [0.3, 0.4) is 0 Å². The number of carbonyl (C=O) groups is 2. The number of hydrogen-bond donors (Lipinski definition) is 3. The average molecular weight is 360 g/mol. The standard InChI is InChI=1S/C16H24N2.C4H4O4/c1-15-9-16(2,11-17-10-15)13-18(12-15)8-14-6-4-3-5-7-14;5-3(6)1-2-4(7)8/h3-7,17H,8-13H2,1-2H3;1-2H,(H,5,6)(H,7,8)/b;2-1+/t15-,16?;/m1./s1. The summed E-state index contributed by atoms with van der Waals surface area (Å²) >= 11 is 0. The normalized spacial score (nSPS) is 28.2. The maximum atomic E-state index is 9.55. The first kappa shape index (κ1) is 20.1. The van der Waals surface area contributed by atoms with Crippen molar-refractivity contribution < 1.29 is 19.8 Å². The van der Waals surface area contributed by atoms with E-state index in [9.17, 15) is 9.59 Å². The molecule has 3 rings (SSSR count). The summed E-state index contributed by atoms with van der Waals surface area (Å²) < 4.78 is 0. The van der Waals surface area contributed by atoms with E-state index in [1.165, 1.54) is 38.2 Å². The van der Waals surface area contributed by atoms with Crippen LogP contribution in [0.2, 0.25) is 0 Å². The van der Waals surface area contributed by atoms with Crippen molar-refractivity contribution in [3.8, 4) is 0 Å². The predicted molar refractivity (Wildman–Crippen MR) is 99.8 cm³/mol. The van der Waals surface area contributed by atoms with E-state index >= 15 is 0 Å². The minimum absolute atomic E-state index is 0.458. The number of benzene rings is 1. The van der Waals surface area contributed by atoms with Gasteiger partial charge in [0.05, 0.1) is 0 Å². The summed E-state index contributed by atoms with van der Waals surface area (Å²) in [6.07, 6.45) is 2.49. The molecule has 26 heavy (non-hydrogen) atoms. The summed E-state index contributed by atoms with van der Waals surface area (Å²) in [7, 11) is 0. The summed E-state index contributed by atoms with van der Waals surface area (Å²) in [4.78, 5) is 21.8. The van der Waals surface area contributed by atoms with E-state index in [1.807, 2.05) is 0 Å². The molecule has 0 saturated carbocycles. The fraction of sp³-hybridized carbons (Fsp3) is 0.500. The molecule has 2 heterocycles. The summed E-state index contributed by atoms with van der Waals surface area (Å²) in [6, 6.07) is 10.9. The molecule has 2 aliphatic rings. The molecule has 1 aromatic rings. The molecule has 0 radical (unpaired) electrons. The molecule has 2 saturated heterocycles. The number of likely N-dealkylation sites (tertiary alicyclic amines) is 1. The molecule has 0 spiro atoms. The molecular weight excluding hydrogens is 332 g/mol. The molecule has 2 aliphatic heterocycles. The maximum Gasteiger partial charge on any atom is 0.328 e. The van der Waals surface area contributed by atoms with Crippen LogP contribution in [0, 0.1) is 10.8 Å². The Morgan fingerprint density at radius 3 is 2.00 bits per heavy atom. The van der Waals surface area contributed by atoms with Crippen LogP contribution < -0.4 is 5.32 Å². The van der Waals surface area contributed by atoms with Gasteiger partial charge in [-0.2, -0.15) is 0 Å². The van der Waals surface area contributed by atoms with Gasteiger partial charge in [0.1, 0.15) is 0 Å². The first-order valence-electron chi connectivity index (χ1n) is 8.81. The van der Waals surface area contributed by atoms with E-state index in [-0.39, 0.29) is 0 Å². The number of hydrogen-bond acceptors (Lipinski definition) is 4. The highest BCUT2D eigenvalue weighted by Crippen LogP contribution is 2.42. The molecule has 1 aromatic carbocycles. The number of piperidine rings is 2. The lowest BCUT2D eigenvalue weighted by atomic mass is 9.66. The first-order chi connectivity index (χ1) is 12.2. The van der Waals surface area contributed by atoms with Crippen molar-refractivity contribution in [2.24, 2.45) is 10.8 Å². The highest BCUT2D eigenvalue weighted by Gasteiger charge is 2.45. The Bertz CT molecular complexity index is 627. The van der Waals surface area contributed by atoms with E-state index in [0.717, 1.165) is 6.54 Å². The number of nitrogens with one attached hydrogen (secondary N) is 1. The van der Waals surface area contributed by atoms with E-state index in [1.54, 1.807) is 0 Å². The molecule has 142 valence electrons. The Morgan fingerprint density at radius 1 is 1.04 bits per heavy atom. The molecule has 2 fully saturated rings.